The van der Waals surface area contributed by atoms with E-state index >= 15 is 0 Å². The van der Waals surface area contributed by atoms with Crippen LogP contribution in [-0.4, -0.2) is 41.8 Å². The third kappa shape index (κ3) is 9.96. The van der Waals surface area contributed by atoms with E-state index < -0.39 is 12.1 Å². The van der Waals surface area contributed by atoms with Gasteiger partial charge in [0.1, 0.15) is 12.1 Å². The van der Waals surface area contributed by atoms with Gasteiger partial charge in [-0.3, -0.25) is 14.4 Å². The van der Waals surface area contributed by atoms with Gasteiger partial charge < -0.3 is 15.5 Å². The van der Waals surface area contributed by atoms with Crippen LogP contribution >= 0.6 is 0 Å². The van der Waals surface area contributed by atoms with E-state index in [0.717, 1.165) is 24.0 Å². The predicted octanol–water partition coefficient (Wildman–Crippen LogP) is 5.92. The summed E-state index contributed by atoms with van der Waals surface area (Å²) in [6.45, 7) is 15.5. The predicted molar refractivity (Wildman–Crippen MR) is 155 cm³/mol. The van der Waals surface area contributed by atoms with Gasteiger partial charge in [0.15, 0.2) is 0 Å². The molecule has 3 amide bonds. The molecule has 0 saturated carbocycles. The number of benzene rings is 2. The molecule has 2 atom stereocenters. The lowest BCUT2D eigenvalue weighted by molar-refractivity contribution is -0.132. The number of carbonyl (C=O) groups is 3. The Morgan fingerprint density at radius 1 is 0.763 bits per heavy atom. The largest absolute Gasteiger partial charge is 0.354 e. The molecule has 0 bridgehead atoms. The van der Waals surface area contributed by atoms with Crippen molar-refractivity contribution in [2.45, 2.75) is 79.8 Å². The van der Waals surface area contributed by atoms with E-state index in [2.05, 4.69) is 38.3 Å². The normalized spacial score (nSPS) is 12.9. The molecule has 2 rings (SSSR count). The summed E-state index contributed by atoms with van der Waals surface area (Å²) in [5, 5.41) is 6.02. The minimum atomic E-state index is -0.859. The van der Waals surface area contributed by atoms with Gasteiger partial charge in [0.05, 0.1) is 0 Å². The molecule has 2 aromatic rings. The van der Waals surface area contributed by atoms with Gasteiger partial charge in [0.25, 0.3) is 5.91 Å². The SMILES string of the molecule is Cc1ccc(C(=O)N(CCC(C)C)C(C(=O)NC(CC(C)C)C(=O)NCCC(C)C)c2ccccc2)cc1. The molecule has 208 valence electrons. The number of amides is 3. The maximum absolute atomic E-state index is 14.0. The van der Waals surface area contributed by atoms with E-state index in [4.69, 9.17) is 0 Å². The summed E-state index contributed by atoms with van der Waals surface area (Å²) >= 11 is 0. The Hall–Kier alpha value is -3.15. The zero-order valence-corrected chi connectivity index (χ0v) is 24.3. The van der Waals surface area contributed by atoms with Crippen LogP contribution in [0.1, 0.15) is 88.3 Å². The summed E-state index contributed by atoms with van der Waals surface area (Å²) in [7, 11) is 0. The van der Waals surface area contributed by atoms with Crippen molar-refractivity contribution in [3.63, 3.8) is 0 Å². The molecular formula is C32H47N3O3. The standard InChI is InChI=1S/C32H47N3O3/c1-22(2)17-19-33-30(36)28(21-24(5)6)34-31(37)29(26-11-9-8-10-12-26)35(20-18-23(3)4)32(38)27-15-13-25(7)14-16-27/h8-16,22-24,28-29H,17-21H2,1-7H3,(H,33,36)(H,34,37). The lowest BCUT2D eigenvalue weighted by atomic mass is 9.98. The van der Waals surface area contributed by atoms with Crippen molar-refractivity contribution in [1.29, 1.82) is 0 Å². The Balaban J connectivity index is 2.43. The number of aryl methyl sites for hydroxylation is 1. The first-order chi connectivity index (χ1) is 18.0. The molecule has 0 aliphatic carbocycles. The van der Waals surface area contributed by atoms with Crippen molar-refractivity contribution in [3.8, 4) is 0 Å². The first-order valence-corrected chi connectivity index (χ1v) is 14.0. The van der Waals surface area contributed by atoms with Gasteiger partial charge in [-0.2, -0.15) is 0 Å². The van der Waals surface area contributed by atoms with Crippen LogP contribution in [-0.2, 0) is 9.59 Å². The van der Waals surface area contributed by atoms with Crippen molar-refractivity contribution in [3.05, 3.63) is 71.3 Å². The molecule has 0 radical (unpaired) electrons. The maximum Gasteiger partial charge on any atom is 0.254 e. The summed E-state index contributed by atoms with van der Waals surface area (Å²) in [6, 6.07) is 15.3. The molecule has 6 nitrogen and oxygen atoms in total. The second-order valence-electron chi connectivity index (χ2n) is 11.5. The summed E-state index contributed by atoms with van der Waals surface area (Å²) in [5.41, 5.74) is 2.32. The second kappa shape index (κ2) is 15.3. The highest BCUT2D eigenvalue weighted by Crippen LogP contribution is 2.25. The number of rotatable bonds is 14. The number of carbonyl (C=O) groups excluding carboxylic acids is 3. The highest BCUT2D eigenvalue weighted by atomic mass is 16.2. The van der Waals surface area contributed by atoms with E-state index in [1.54, 1.807) is 4.90 Å². The highest BCUT2D eigenvalue weighted by molar-refractivity contribution is 5.98. The first kappa shape index (κ1) is 31.1. The average molecular weight is 522 g/mol. The number of nitrogens with zero attached hydrogens (tertiary/aromatic N) is 1. The molecule has 0 spiro atoms. The quantitative estimate of drug-likeness (QED) is 0.324. The lowest BCUT2D eigenvalue weighted by Crippen LogP contribution is -2.52. The Bertz CT molecular complexity index is 1020. The van der Waals surface area contributed by atoms with Crippen molar-refractivity contribution in [1.82, 2.24) is 15.5 Å². The zero-order chi connectivity index (χ0) is 28.2. The molecule has 0 aliphatic rings. The van der Waals surface area contributed by atoms with Crippen LogP contribution in [0.2, 0.25) is 0 Å². The fraction of sp³-hybridized carbons (Fsp3) is 0.531. The minimum Gasteiger partial charge on any atom is -0.354 e. The zero-order valence-electron chi connectivity index (χ0n) is 24.3. The molecule has 0 aromatic heterocycles. The Labute approximate surface area is 229 Å². The number of hydrogen-bond donors (Lipinski definition) is 2. The van der Waals surface area contributed by atoms with Gasteiger partial charge in [-0.05, 0) is 61.6 Å². The molecule has 38 heavy (non-hydrogen) atoms. The third-order valence-corrected chi connectivity index (χ3v) is 6.54. The van der Waals surface area contributed by atoms with Gasteiger partial charge >= 0.3 is 0 Å². The Kier molecular flexibility index (Phi) is 12.5. The van der Waals surface area contributed by atoms with Gasteiger partial charge in [0.2, 0.25) is 11.8 Å². The van der Waals surface area contributed by atoms with Crippen LogP contribution in [0.3, 0.4) is 0 Å². The molecule has 0 saturated heterocycles. The lowest BCUT2D eigenvalue weighted by Gasteiger charge is -2.33. The van der Waals surface area contributed by atoms with E-state index in [-0.39, 0.29) is 23.6 Å². The molecule has 2 aromatic carbocycles. The van der Waals surface area contributed by atoms with Crippen molar-refractivity contribution in [2.24, 2.45) is 17.8 Å². The first-order valence-electron chi connectivity index (χ1n) is 14.0. The molecule has 2 unspecified atom stereocenters. The summed E-state index contributed by atoms with van der Waals surface area (Å²) in [4.78, 5) is 42.7. The number of hydrogen-bond acceptors (Lipinski definition) is 3. The van der Waals surface area contributed by atoms with Crippen molar-refractivity contribution in [2.75, 3.05) is 13.1 Å². The highest BCUT2D eigenvalue weighted by Gasteiger charge is 2.34. The smallest absolute Gasteiger partial charge is 0.254 e. The summed E-state index contributed by atoms with van der Waals surface area (Å²) in [5.74, 6) is 0.304. The van der Waals surface area contributed by atoms with Crippen LogP contribution in [0.15, 0.2) is 54.6 Å². The molecule has 2 N–H and O–H groups in total. The number of nitrogens with one attached hydrogen (secondary N) is 2. The topological polar surface area (TPSA) is 78.5 Å². The van der Waals surface area contributed by atoms with Crippen molar-refractivity contribution < 1.29 is 14.4 Å². The van der Waals surface area contributed by atoms with Crippen LogP contribution in [0.25, 0.3) is 0 Å². The van der Waals surface area contributed by atoms with E-state index in [1.807, 2.05) is 75.4 Å². The summed E-state index contributed by atoms with van der Waals surface area (Å²) in [6.07, 6.45) is 2.13. The molecule has 0 aliphatic heterocycles. The van der Waals surface area contributed by atoms with E-state index in [1.165, 1.54) is 0 Å². The van der Waals surface area contributed by atoms with Crippen LogP contribution in [0.4, 0.5) is 0 Å². The third-order valence-electron chi connectivity index (χ3n) is 6.54. The average Bonchev–Trinajstić information content (AvgIpc) is 2.86. The van der Waals surface area contributed by atoms with Gasteiger partial charge in [-0.1, -0.05) is 89.6 Å². The van der Waals surface area contributed by atoms with Crippen LogP contribution < -0.4 is 10.6 Å². The molecule has 0 heterocycles. The Morgan fingerprint density at radius 3 is 1.92 bits per heavy atom. The fourth-order valence-electron chi connectivity index (χ4n) is 4.28. The van der Waals surface area contributed by atoms with Crippen LogP contribution in [0.5, 0.6) is 0 Å². The van der Waals surface area contributed by atoms with Gasteiger partial charge in [-0.25, -0.2) is 0 Å². The Morgan fingerprint density at radius 2 is 1.37 bits per heavy atom. The van der Waals surface area contributed by atoms with Crippen molar-refractivity contribution >= 4 is 17.7 Å². The van der Waals surface area contributed by atoms with Gasteiger partial charge in [-0.15, -0.1) is 0 Å². The molecular weight excluding hydrogens is 474 g/mol. The molecule has 0 fully saturated rings. The van der Waals surface area contributed by atoms with Crippen LogP contribution in [0, 0.1) is 24.7 Å². The second-order valence-corrected chi connectivity index (χ2v) is 11.5. The monoisotopic (exact) mass is 521 g/mol. The van der Waals surface area contributed by atoms with E-state index in [0.29, 0.717) is 36.9 Å². The fourth-order valence-corrected chi connectivity index (χ4v) is 4.28. The molecule has 6 heteroatoms. The van der Waals surface area contributed by atoms with E-state index in [9.17, 15) is 14.4 Å². The summed E-state index contributed by atoms with van der Waals surface area (Å²) < 4.78 is 0. The van der Waals surface area contributed by atoms with Gasteiger partial charge in [0, 0.05) is 18.7 Å². The maximum atomic E-state index is 14.0. The minimum absolute atomic E-state index is 0.182.